The molecule has 0 aliphatic carbocycles. The molecule has 6 heteroatoms. The van der Waals surface area contributed by atoms with Gasteiger partial charge in [-0.2, -0.15) is 0 Å². The average molecular weight is 387 g/mol. The monoisotopic (exact) mass is 386 g/mol. The van der Waals surface area contributed by atoms with E-state index in [9.17, 15) is 9.59 Å². The molecule has 0 radical (unpaired) electrons. The van der Waals surface area contributed by atoms with Crippen LogP contribution < -0.4 is 5.73 Å². The molecule has 0 spiro atoms. The molecule has 3 rings (SSSR count). The van der Waals surface area contributed by atoms with E-state index in [4.69, 9.17) is 5.73 Å². The van der Waals surface area contributed by atoms with Gasteiger partial charge in [0, 0.05) is 38.3 Å². The predicted octanol–water partition coefficient (Wildman–Crippen LogP) is 1.86. The molecule has 0 aromatic heterocycles. The van der Waals surface area contributed by atoms with Crippen molar-refractivity contribution in [2.45, 2.75) is 58.3 Å². The predicted molar refractivity (Wildman–Crippen MR) is 111 cm³/mol. The van der Waals surface area contributed by atoms with Crippen LogP contribution in [0, 0.1) is 0 Å². The highest BCUT2D eigenvalue weighted by Gasteiger charge is 2.29. The highest BCUT2D eigenvalue weighted by molar-refractivity contribution is 5.94. The molecule has 2 unspecified atom stereocenters. The van der Waals surface area contributed by atoms with E-state index >= 15 is 0 Å². The maximum Gasteiger partial charge on any atom is 0.236 e. The van der Waals surface area contributed by atoms with Gasteiger partial charge in [-0.25, -0.2) is 0 Å². The zero-order chi connectivity index (χ0) is 20.3. The number of nitrogens with zero attached hydrogens (tertiary/aromatic N) is 3. The van der Waals surface area contributed by atoms with Crippen LogP contribution in [0.5, 0.6) is 0 Å². The smallest absolute Gasteiger partial charge is 0.236 e. The van der Waals surface area contributed by atoms with Gasteiger partial charge in [-0.15, -0.1) is 0 Å². The number of benzene rings is 1. The van der Waals surface area contributed by atoms with Crippen molar-refractivity contribution in [1.29, 1.82) is 0 Å². The number of carbonyl (C=O) groups excluding carboxylic acids is 2. The molecule has 28 heavy (non-hydrogen) atoms. The van der Waals surface area contributed by atoms with Gasteiger partial charge in [0.25, 0.3) is 0 Å². The van der Waals surface area contributed by atoms with Gasteiger partial charge in [0.15, 0.2) is 5.78 Å². The summed E-state index contributed by atoms with van der Waals surface area (Å²) in [5.74, 6) is 0.268. The fraction of sp³-hybridized carbons (Fsp3) is 0.636. The lowest BCUT2D eigenvalue weighted by Gasteiger charge is -2.41. The summed E-state index contributed by atoms with van der Waals surface area (Å²) in [5.41, 5.74) is 9.48. The SMILES string of the molecule is CCN1C(N)CCCC1CN(C)C(=O)CN1CCc2cc(C(C)=O)ccc2C1. The minimum absolute atomic E-state index is 0.102. The molecule has 6 nitrogen and oxygen atoms in total. The minimum Gasteiger partial charge on any atom is -0.343 e. The highest BCUT2D eigenvalue weighted by atomic mass is 16.2. The number of rotatable bonds is 6. The molecule has 1 fully saturated rings. The third-order valence-electron chi connectivity index (χ3n) is 6.27. The van der Waals surface area contributed by atoms with Crippen LogP contribution in [0.15, 0.2) is 18.2 Å². The largest absolute Gasteiger partial charge is 0.343 e. The third kappa shape index (κ3) is 4.80. The second kappa shape index (κ2) is 9.16. The Hall–Kier alpha value is -1.76. The summed E-state index contributed by atoms with van der Waals surface area (Å²) in [6.45, 7) is 7.47. The number of Topliss-reactive ketones (excluding diaryl/α,β-unsaturated/α-hetero) is 1. The molecule has 2 aliphatic heterocycles. The lowest BCUT2D eigenvalue weighted by molar-refractivity contribution is -0.132. The Kier molecular flexibility index (Phi) is 6.86. The molecule has 1 aromatic rings. The second-order valence-corrected chi connectivity index (χ2v) is 8.26. The lowest BCUT2D eigenvalue weighted by Crippen LogP contribution is -2.55. The van der Waals surface area contributed by atoms with E-state index in [2.05, 4.69) is 16.7 Å². The standard InChI is InChI=1S/C22H34N4O2/c1-4-26-20(6-5-7-21(26)23)14-24(3)22(28)15-25-11-10-18-12-17(16(2)27)8-9-19(18)13-25/h8-9,12,20-21H,4-7,10-11,13-15,23H2,1-3H3. The maximum atomic E-state index is 12.8. The Bertz CT molecular complexity index is 720. The number of likely N-dealkylation sites (N-methyl/N-ethyl adjacent to an activating group) is 2. The Morgan fingerprint density at radius 1 is 1.25 bits per heavy atom. The van der Waals surface area contributed by atoms with Crippen molar-refractivity contribution in [3.8, 4) is 0 Å². The topological polar surface area (TPSA) is 69.9 Å². The molecule has 1 aromatic carbocycles. The second-order valence-electron chi connectivity index (χ2n) is 8.26. The number of piperidine rings is 1. The van der Waals surface area contributed by atoms with E-state index in [-0.39, 0.29) is 17.9 Å². The number of amides is 1. The summed E-state index contributed by atoms with van der Waals surface area (Å²) in [6, 6.07) is 6.29. The van der Waals surface area contributed by atoms with Crippen molar-refractivity contribution in [3.63, 3.8) is 0 Å². The van der Waals surface area contributed by atoms with Crippen LogP contribution in [0.2, 0.25) is 0 Å². The Morgan fingerprint density at radius 3 is 2.75 bits per heavy atom. The fourth-order valence-corrected chi connectivity index (χ4v) is 4.55. The van der Waals surface area contributed by atoms with Crippen LogP contribution in [-0.2, 0) is 17.8 Å². The molecule has 2 aliphatic rings. The maximum absolute atomic E-state index is 12.8. The summed E-state index contributed by atoms with van der Waals surface area (Å²) in [7, 11) is 1.91. The molecule has 2 N–H and O–H groups in total. The van der Waals surface area contributed by atoms with E-state index in [1.807, 2.05) is 30.1 Å². The van der Waals surface area contributed by atoms with Crippen molar-refractivity contribution >= 4 is 11.7 Å². The van der Waals surface area contributed by atoms with Gasteiger partial charge in [-0.05, 0) is 56.3 Å². The van der Waals surface area contributed by atoms with Crippen LogP contribution in [0.25, 0.3) is 0 Å². The van der Waals surface area contributed by atoms with Crippen LogP contribution in [-0.4, -0.2) is 71.8 Å². The van der Waals surface area contributed by atoms with Crippen LogP contribution in [0.3, 0.4) is 0 Å². The first-order valence-corrected chi connectivity index (χ1v) is 10.5. The molecule has 0 saturated carbocycles. The van der Waals surface area contributed by atoms with Gasteiger partial charge in [0.05, 0.1) is 12.7 Å². The quantitative estimate of drug-likeness (QED) is 0.756. The Labute approximate surface area is 168 Å². The van der Waals surface area contributed by atoms with Gasteiger partial charge in [-0.1, -0.05) is 19.1 Å². The Balaban J connectivity index is 1.55. The molecular weight excluding hydrogens is 352 g/mol. The van der Waals surface area contributed by atoms with Crippen molar-refractivity contribution in [3.05, 3.63) is 34.9 Å². The normalized spacial score (nSPS) is 23.3. The first kappa shape index (κ1) is 21.0. The molecular formula is C22H34N4O2. The zero-order valence-electron chi connectivity index (χ0n) is 17.5. The van der Waals surface area contributed by atoms with E-state index in [0.717, 1.165) is 57.4 Å². The van der Waals surface area contributed by atoms with E-state index in [1.54, 1.807) is 6.92 Å². The zero-order valence-corrected chi connectivity index (χ0v) is 17.5. The van der Waals surface area contributed by atoms with Crippen LogP contribution >= 0.6 is 0 Å². The van der Waals surface area contributed by atoms with Gasteiger partial charge < -0.3 is 10.6 Å². The number of ketones is 1. The van der Waals surface area contributed by atoms with Gasteiger partial charge >= 0.3 is 0 Å². The summed E-state index contributed by atoms with van der Waals surface area (Å²) in [5, 5.41) is 0. The van der Waals surface area contributed by atoms with Crippen molar-refractivity contribution in [2.24, 2.45) is 5.73 Å². The van der Waals surface area contributed by atoms with Crippen LogP contribution in [0.4, 0.5) is 0 Å². The first-order valence-electron chi connectivity index (χ1n) is 10.5. The molecule has 0 bridgehead atoms. The molecule has 1 saturated heterocycles. The minimum atomic E-state index is 0.102. The van der Waals surface area contributed by atoms with Crippen molar-refractivity contribution < 1.29 is 9.59 Å². The van der Waals surface area contributed by atoms with E-state index < -0.39 is 0 Å². The van der Waals surface area contributed by atoms with Crippen LogP contribution in [0.1, 0.15) is 54.6 Å². The number of fused-ring (bicyclic) bond motifs is 1. The summed E-state index contributed by atoms with van der Waals surface area (Å²) in [6.07, 6.45) is 4.28. The summed E-state index contributed by atoms with van der Waals surface area (Å²) in [4.78, 5) is 30.8. The average Bonchev–Trinajstić information content (AvgIpc) is 2.67. The molecule has 1 amide bonds. The van der Waals surface area contributed by atoms with Gasteiger partial charge in [0.2, 0.25) is 5.91 Å². The fourth-order valence-electron chi connectivity index (χ4n) is 4.55. The molecule has 154 valence electrons. The summed E-state index contributed by atoms with van der Waals surface area (Å²) < 4.78 is 0. The number of hydrogen-bond acceptors (Lipinski definition) is 5. The van der Waals surface area contributed by atoms with Gasteiger partial charge in [0.1, 0.15) is 0 Å². The molecule has 2 heterocycles. The summed E-state index contributed by atoms with van der Waals surface area (Å²) >= 11 is 0. The Morgan fingerprint density at radius 2 is 2.04 bits per heavy atom. The highest BCUT2D eigenvalue weighted by Crippen LogP contribution is 2.22. The van der Waals surface area contributed by atoms with Gasteiger partial charge in [-0.3, -0.25) is 19.4 Å². The van der Waals surface area contributed by atoms with E-state index in [1.165, 1.54) is 11.1 Å². The molecule has 2 atom stereocenters. The lowest BCUT2D eigenvalue weighted by atomic mass is 9.96. The first-order chi connectivity index (χ1) is 13.4. The van der Waals surface area contributed by atoms with Crippen molar-refractivity contribution in [2.75, 3.05) is 33.2 Å². The number of nitrogens with two attached hydrogens (primary N) is 1. The third-order valence-corrected chi connectivity index (χ3v) is 6.27. The number of hydrogen-bond donors (Lipinski definition) is 1. The number of carbonyl (C=O) groups is 2. The number of likely N-dealkylation sites (tertiary alicyclic amines) is 1. The van der Waals surface area contributed by atoms with E-state index in [0.29, 0.717) is 12.6 Å². The van der Waals surface area contributed by atoms with Crippen molar-refractivity contribution in [1.82, 2.24) is 14.7 Å².